The van der Waals surface area contributed by atoms with Crippen molar-refractivity contribution in [2.24, 2.45) is 0 Å². The highest BCUT2D eigenvalue weighted by atomic mass is 15.0. The molecule has 0 spiro atoms. The van der Waals surface area contributed by atoms with Gasteiger partial charge in [0.2, 0.25) is 0 Å². The minimum Gasteiger partial charge on any atom is -0.309 e. The van der Waals surface area contributed by atoms with E-state index in [1.807, 2.05) is 0 Å². The van der Waals surface area contributed by atoms with E-state index in [4.69, 9.17) is 0 Å². The average molecular weight is 704 g/mol. The first kappa shape index (κ1) is 32.0. The zero-order chi connectivity index (χ0) is 36.8. The Hall–Kier alpha value is -6.44. The average Bonchev–Trinajstić information content (AvgIpc) is 3.69. The maximum absolute atomic E-state index is 2.52. The molecule has 2 unspecified atom stereocenters. The van der Waals surface area contributed by atoms with Crippen LogP contribution in [0.2, 0.25) is 0 Å². The van der Waals surface area contributed by atoms with E-state index in [9.17, 15) is 0 Å². The van der Waals surface area contributed by atoms with E-state index in [0.29, 0.717) is 5.92 Å². The van der Waals surface area contributed by atoms with Crippen molar-refractivity contribution in [3.8, 4) is 50.2 Å². The third-order valence-corrected chi connectivity index (χ3v) is 12.8. The van der Waals surface area contributed by atoms with Crippen LogP contribution in [0, 0.1) is 0 Å². The Bertz CT molecular complexity index is 2980. The van der Waals surface area contributed by atoms with Gasteiger partial charge in [0.1, 0.15) is 0 Å². The van der Waals surface area contributed by atoms with Crippen LogP contribution in [0.25, 0.3) is 72.0 Å². The van der Waals surface area contributed by atoms with Crippen molar-refractivity contribution < 1.29 is 0 Å². The van der Waals surface area contributed by atoms with Crippen LogP contribution in [0.15, 0.2) is 182 Å². The van der Waals surface area contributed by atoms with Crippen molar-refractivity contribution in [2.75, 3.05) is 0 Å². The lowest BCUT2D eigenvalue weighted by molar-refractivity contribution is 0.636. The summed E-state index contributed by atoms with van der Waals surface area (Å²) in [5, 5.41) is 2.53. The normalized spacial score (nSPS) is 16.4. The number of para-hydroxylation sites is 2. The SMILES string of the molecule is CC1c2ccc(-c3ccc4c(c3)c3ccccc3n4-c3ccccc3-c3ccccc3)cc2-c2ccccc2C1c1ccc2c(c1)C(C)(C)c1ccccc1-2. The van der Waals surface area contributed by atoms with E-state index in [0.717, 1.165) is 0 Å². The smallest absolute Gasteiger partial charge is 0.0541 e. The van der Waals surface area contributed by atoms with Gasteiger partial charge >= 0.3 is 0 Å². The van der Waals surface area contributed by atoms with Crippen LogP contribution in [0.5, 0.6) is 0 Å². The Morgan fingerprint density at radius 2 is 1.07 bits per heavy atom. The Kier molecular flexibility index (Phi) is 7.01. The molecule has 0 fully saturated rings. The lowest BCUT2D eigenvalue weighted by Gasteiger charge is -2.35. The molecule has 0 amide bonds. The fourth-order valence-corrected chi connectivity index (χ4v) is 10.2. The lowest BCUT2D eigenvalue weighted by atomic mass is 9.68. The molecule has 1 aromatic heterocycles. The molecule has 0 saturated heterocycles. The molecule has 1 nitrogen and oxygen atoms in total. The fraction of sp³-hybridized carbons (Fsp3) is 0.111. The van der Waals surface area contributed by atoms with Crippen molar-refractivity contribution in [1.82, 2.24) is 4.57 Å². The van der Waals surface area contributed by atoms with E-state index in [2.05, 4.69) is 207 Å². The van der Waals surface area contributed by atoms with Gasteiger partial charge < -0.3 is 4.57 Å². The second kappa shape index (κ2) is 12.0. The molecule has 2 aliphatic rings. The van der Waals surface area contributed by atoms with Gasteiger partial charge in [-0.05, 0) is 103 Å². The van der Waals surface area contributed by atoms with Crippen LogP contribution in [0.3, 0.4) is 0 Å². The molecule has 9 aromatic rings. The summed E-state index contributed by atoms with van der Waals surface area (Å²) in [7, 11) is 0. The van der Waals surface area contributed by atoms with Gasteiger partial charge in [0.05, 0.1) is 16.7 Å². The fourth-order valence-electron chi connectivity index (χ4n) is 10.2. The van der Waals surface area contributed by atoms with Gasteiger partial charge in [0.15, 0.2) is 0 Å². The van der Waals surface area contributed by atoms with Crippen LogP contribution >= 0.6 is 0 Å². The standard InChI is InChI=1S/C54H41N/c1-34-39-28-25-36(31-46(39)41-18-7-8-21-45(41)53(34)38-26-29-43-42-19-9-12-22-48(42)54(2,3)49(43)33-38)37-27-30-52-47(32-37)44-20-11-14-24-51(44)55(52)50-23-13-10-17-40(50)35-15-5-4-6-16-35/h4-34,53H,1-3H3. The van der Waals surface area contributed by atoms with Gasteiger partial charge in [0.25, 0.3) is 0 Å². The van der Waals surface area contributed by atoms with Gasteiger partial charge in [-0.3, -0.25) is 0 Å². The highest BCUT2D eigenvalue weighted by Crippen LogP contribution is 2.54. The number of fused-ring (bicyclic) bond motifs is 9. The number of aromatic nitrogens is 1. The van der Waals surface area contributed by atoms with Crippen molar-refractivity contribution >= 4 is 21.8 Å². The summed E-state index contributed by atoms with van der Waals surface area (Å²) in [6, 6.07) is 68.0. The van der Waals surface area contributed by atoms with Gasteiger partial charge in [-0.15, -0.1) is 0 Å². The minimum absolute atomic E-state index is 0.0230. The molecular weight excluding hydrogens is 663 g/mol. The van der Waals surface area contributed by atoms with E-state index in [1.165, 1.54) is 99.8 Å². The van der Waals surface area contributed by atoms with E-state index in [-0.39, 0.29) is 11.3 Å². The number of hydrogen-bond acceptors (Lipinski definition) is 0. The molecule has 0 saturated carbocycles. The topological polar surface area (TPSA) is 4.93 Å². The predicted molar refractivity (Wildman–Crippen MR) is 231 cm³/mol. The molecule has 2 aliphatic carbocycles. The summed E-state index contributed by atoms with van der Waals surface area (Å²) >= 11 is 0. The molecule has 11 rings (SSSR count). The van der Waals surface area contributed by atoms with Crippen molar-refractivity contribution in [2.45, 2.75) is 38.0 Å². The first-order valence-corrected chi connectivity index (χ1v) is 19.6. The van der Waals surface area contributed by atoms with Crippen molar-refractivity contribution in [1.29, 1.82) is 0 Å². The second-order valence-electron chi connectivity index (χ2n) is 16.1. The molecule has 0 radical (unpaired) electrons. The van der Waals surface area contributed by atoms with Crippen LogP contribution in [-0.2, 0) is 5.41 Å². The number of benzene rings is 8. The molecule has 0 bridgehead atoms. The van der Waals surface area contributed by atoms with Gasteiger partial charge in [-0.2, -0.15) is 0 Å². The molecule has 1 heterocycles. The van der Waals surface area contributed by atoms with Crippen molar-refractivity contribution in [3.05, 3.63) is 210 Å². The Labute approximate surface area is 323 Å². The number of rotatable bonds is 4. The molecule has 0 N–H and O–H groups in total. The first-order chi connectivity index (χ1) is 27.0. The summed E-state index contributed by atoms with van der Waals surface area (Å²) in [6.45, 7) is 7.20. The summed E-state index contributed by atoms with van der Waals surface area (Å²) in [5.74, 6) is 0.606. The quantitative estimate of drug-likeness (QED) is 0.172. The highest BCUT2D eigenvalue weighted by Gasteiger charge is 2.38. The van der Waals surface area contributed by atoms with E-state index < -0.39 is 0 Å². The molecule has 0 aliphatic heterocycles. The molecular formula is C54H41N. The molecule has 8 aromatic carbocycles. The minimum atomic E-state index is -0.0230. The van der Waals surface area contributed by atoms with E-state index >= 15 is 0 Å². The Morgan fingerprint density at radius 1 is 0.418 bits per heavy atom. The summed E-state index contributed by atoms with van der Waals surface area (Å²) in [6.07, 6.45) is 0. The maximum Gasteiger partial charge on any atom is 0.0541 e. The molecule has 55 heavy (non-hydrogen) atoms. The predicted octanol–water partition coefficient (Wildman–Crippen LogP) is 14.3. The Morgan fingerprint density at radius 3 is 1.95 bits per heavy atom. The molecule has 262 valence electrons. The van der Waals surface area contributed by atoms with Crippen molar-refractivity contribution in [3.63, 3.8) is 0 Å². The summed E-state index contributed by atoms with van der Waals surface area (Å²) in [5.41, 5.74) is 21.1. The van der Waals surface area contributed by atoms with Gasteiger partial charge in [-0.1, -0.05) is 172 Å². The largest absolute Gasteiger partial charge is 0.309 e. The summed E-state index contributed by atoms with van der Waals surface area (Å²) in [4.78, 5) is 0. The van der Waals surface area contributed by atoms with E-state index in [1.54, 1.807) is 0 Å². The second-order valence-corrected chi connectivity index (χ2v) is 16.1. The third-order valence-electron chi connectivity index (χ3n) is 12.8. The summed E-state index contributed by atoms with van der Waals surface area (Å²) < 4.78 is 2.44. The van der Waals surface area contributed by atoms with Crippen LogP contribution < -0.4 is 0 Å². The number of hydrogen-bond donors (Lipinski definition) is 0. The van der Waals surface area contributed by atoms with Crippen LogP contribution in [-0.4, -0.2) is 4.57 Å². The lowest BCUT2D eigenvalue weighted by Crippen LogP contribution is -2.19. The first-order valence-electron chi connectivity index (χ1n) is 19.6. The highest BCUT2D eigenvalue weighted by molar-refractivity contribution is 6.11. The molecule has 2 atom stereocenters. The maximum atomic E-state index is 2.52. The van der Waals surface area contributed by atoms with Crippen LogP contribution in [0.1, 0.15) is 60.4 Å². The zero-order valence-corrected chi connectivity index (χ0v) is 31.4. The Balaban J connectivity index is 1.02. The number of nitrogens with zero attached hydrogens (tertiary/aromatic N) is 1. The van der Waals surface area contributed by atoms with Gasteiger partial charge in [-0.25, -0.2) is 0 Å². The third kappa shape index (κ3) is 4.72. The zero-order valence-electron chi connectivity index (χ0n) is 31.4. The molecule has 1 heteroatoms. The monoisotopic (exact) mass is 703 g/mol. The van der Waals surface area contributed by atoms with Crippen LogP contribution in [0.4, 0.5) is 0 Å². The van der Waals surface area contributed by atoms with Gasteiger partial charge in [0, 0.05) is 27.7 Å².